The lowest BCUT2D eigenvalue weighted by Crippen LogP contribution is -2.11. The van der Waals surface area contributed by atoms with Crippen molar-refractivity contribution < 1.29 is 10.2 Å². The van der Waals surface area contributed by atoms with E-state index in [1.54, 1.807) is 12.1 Å². The van der Waals surface area contributed by atoms with Gasteiger partial charge in [0.2, 0.25) is 0 Å². The van der Waals surface area contributed by atoms with Gasteiger partial charge in [-0.05, 0) is 24.1 Å². The van der Waals surface area contributed by atoms with Gasteiger partial charge in [0.15, 0.2) is 0 Å². The van der Waals surface area contributed by atoms with Crippen LogP contribution in [0.2, 0.25) is 5.02 Å². The molecule has 0 heterocycles. The Bertz CT molecular complexity index is 291. The molecule has 0 aromatic heterocycles. The molecule has 0 radical (unpaired) electrons. The van der Waals surface area contributed by atoms with E-state index in [1.165, 1.54) is 6.07 Å². The number of aromatic hydroxyl groups is 1. The third kappa shape index (κ3) is 3.18. The molecule has 1 aromatic carbocycles. The van der Waals surface area contributed by atoms with Gasteiger partial charge in [0.25, 0.3) is 0 Å². The number of halogens is 2. The van der Waals surface area contributed by atoms with Gasteiger partial charge < -0.3 is 10.2 Å². The van der Waals surface area contributed by atoms with E-state index >= 15 is 0 Å². The molecule has 1 rings (SSSR count). The van der Waals surface area contributed by atoms with E-state index < -0.39 is 6.10 Å². The van der Waals surface area contributed by atoms with Crippen LogP contribution >= 0.6 is 27.5 Å². The van der Waals surface area contributed by atoms with Gasteiger partial charge in [0, 0.05) is 5.33 Å². The first kappa shape index (κ1) is 10.8. The molecule has 72 valence electrons. The standard InChI is InChI=1S/C9H10BrClO2/c10-5-7(12)3-6-1-2-9(13)8(11)4-6/h1-2,4,7,12-13H,3,5H2. The Morgan fingerprint density at radius 1 is 1.46 bits per heavy atom. The molecular formula is C9H10BrClO2. The van der Waals surface area contributed by atoms with Crippen molar-refractivity contribution in [3.05, 3.63) is 28.8 Å². The molecule has 13 heavy (non-hydrogen) atoms. The van der Waals surface area contributed by atoms with Crippen molar-refractivity contribution in [1.29, 1.82) is 0 Å². The topological polar surface area (TPSA) is 40.5 Å². The summed E-state index contributed by atoms with van der Waals surface area (Å²) in [4.78, 5) is 0. The number of hydrogen-bond acceptors (Lipinski definition) is 2. The molecule has 0 fully saturated rings. The van der Waals surface area contributed by atoms with Gasteiger partial charge in [-0.15, -0.1) is 0 Å². The quantitative estimate of drug-likeness (QED) is 0.824. The number of hydrogen-bond donors (Lipinski definition) is 2. The zero-order chi connectivity index (χ0) is 9.84. The van der Waals surface area contributed by atoms with E-state index in [0.29, 0.717) is 16.8 Å². The van der Waals surface area contributed by atoms with Gasteiger partial charge in [-0.3, -0.25) is 0 Å². The molecule has 0 aliphatic rings. The van der Waals surface area contributed by atoms with Gasteiger partial charge in [-0.2, -0.15) is 0 Å². The lowest BCUT2D eigenvalue weighted by atomic mass is 10.1. The number of phenolic OH excluding ortho intramolecular Hbond substituents is 1. The Balaban J connectivity index is 2.73. The SMILES string of the molecule is Oc1ccc(CC(O)CBr)cc1Cl. The van der Waals surface area contributed by atoms with E-state index in [9.17, 15) is 5.11 Å². The Kier molecular flexibility index (Phi) is 4.03. The van der Waals surface area contributed by atoms with Gasteiger partial charge >= 0.3 is 0 Å². The summed E-state index contributed by atoms with van der Waals surface area (Å²) in [5.74, 6) is 0.0683. The Morgan fingerprint density at radius 3 is 2.69 bits per heavy atom. The van der Waals surface area contributed by atoms with Crippen LogP contribution in [0.15, 0.2) is 18.2 Å². The van der Waals surface area contributed by atoms with Gasteiger partial charge in [0.05, 0.1) is 11.1 Å². The summed E-state index contributed by atoms with van der Waals surface area (Å²) in [6, 6.07) is 4.93. The number of aliphatic hydroxyl groups excluding tert-OH is 1. The maximum absolute atomic E-state index is 9.32. The lowest BCUT2D eigenvalue weighted by molar-refractivity contribution is 0.201. The third-order valence-electron chi connectivity index (χ3n) is 1.66. The first-order valence-corrected chi connectivity index (χ1v) is 5.35. The normalized spacial score (nSPS) is 12.8. The molecule has 0 aliphatic carbocycles. The molecule has 2 nitrogen and oxygen atoms in total. The van der Waals surface area contributed by atoms with Crippen LogP contribution in [0.3, 0.4) is 0 Å². The zero-order valence-electron chi connectivity index (χ0n) is 6.87. The van der Waals surface area contributed by atoms with Crippen LogP contribution in [0, 0.1) is 0 Å². The fraction of sp³-hybridized carbons (Fsp3) is 0.333. The monoisotopic (exact) mass is 264 g/mol. The molecule has 1 aromatic rings. The van der Waals surface area contributed by atoms with Crippen molar-refractivity contribution in [3.8, 4) is 5.75 Å². The third-order valence-corrected chi connectivity index (χ3v) is 2.71. The molecule has 0 aliphatic heterocycles. The summed E-state index contributed by atoms with van der Waals surface area (Å²) in [6.45, 7) is 0. The predicted molar refractivity (Wildman–Crippen MR) is 56.6 cm³/mol. The summed E-state index contributed by atoms with van der Waals surface area (Å²) in [5.41, 5.74) is 0.912. The fourth-order valence-corrected chi connectivity index (χ4v) is 1.44. The molecule has 0 amide bonds. The maximum atomic E-state index is 9.32. The average molecular weight is 266 g/mol. The molecule has 0 saturated heterocycles. The van der Waals surface area contributed by atoms with Gasteiger partial charge in [-0.25, -0.2) is 0 Å². The molecule has 1 unspecified atom stereocenters. The van der Waals surface area contributed by atoms with Crippen molar-refractivity contribution in [2.24, 2.45) is 0 Å². The number of alkyl halides is 1. The predicted octanol–water partition coefficient (Wildman–Crippen LogP) is 2.34. The van der Waals surface area contributed by atoms with E-state index in [2.05, 4.69) is 15.9 Å². The van der Waals surface area contributed by atoms with Crippen LogP contribution in [0.1, 0.15) is 5.56 Å². The Labute approximate surface area is 90.3 Å². The van der Waals surface area contributed by atoms with Crippen LogP contribution in [-0.2, 0) is 6.42 Å². The molecule has 0 spiro atoms. The van der Waals surface area contributed by atoms with Crippen molar-refractivity contribution >= 4 is 27.5 Å². The summed E-state index contributed by atoms with van der Waals surface area (Å²) in [6.07, 6.45) is 0.117. The Morgan fingerprint density at radius 2 is 2.15 bits per heavy atom. The first-order chi connectivity index (χ1) is 6.13. The van der Waals surface area contributed by atoms with Crippen molar-refractivity contribution in [2.45, 2.75) is 12.5 Å². The second-order valence-electron chi connectivity index (χ2n) is 2.80. The molecule has 0 bridgehead atoms. The summed E-state index contributed by atoms with van der Waals surface area (Å²) in [5, 5.41) is 19.3. The maximum Gasteiger partial charge on any atom is 0.134 e. The van der Waals surface area contributed by atoms with Crippen LogP contribution in [0.5, 0.6) is 5.75 Å². The van der Waals surface area contributed by atoms with E-state index in [-0.39, 0.29) is 5.75 Å². The second kappa shape index (κ2) is 4.84. The minimum atomic E-state index is -0.416. The average Bonchev–Trinajstić information content (AvgIpc) is 2.11. The highest BCUT2D eigenvalue weighted by atomic mass is 79.9. The van der Waals surface area contributed by atoms with Crippen molar-refractivity contribution in [1.82, 2.24) is 0 Å². The van der Waals surface area contributed by atoms with Crippen LogP contribution in [0.25, 0.3) is 0 Å². The van der Waals surface area contributed by atoms with E-state index in [1.807, 2.05) is 0 Å². The minimum absolute atomic E-state index is 0.0683. The van der Waals surface area contributed by atoms with Crippen LogP contribution in [0.4, 0.5) is 0 Å². The van der Waals surface area contributed by atoms with E-state index in [0.717, 1.165) is 5.56 Å². The minimum Gasteiger partial charge on any atom is -0.506 e. The smallest absolute Gasteiger partial charge is 0.134 e. The van der Waals surface area contributed by atoms with Crippen LogP contribution in [-0.4, -0.2) is 21.6 Å². The van der Waals surface area contributed by atoms with Gasteiger partial charge in [0.1, 0.15) is 5.75 Å². The highest BCUT2D eigenvalue weighted by molar-refractivity contribution is 9.09. The lowest BCUT2D eigenvalue weighted by Gasteiger charge is -2.07. The largest absolute Gasteiger partial charge is 0.506 e. The van der Waals surface area contributed by atoms with Crippen LogP contribution < -0.4 is 0 Å². The Hall–Kier alpha value is -0.250. The highest BCUT2D eigenvalue weighted by Gasteiger charge is 2.05. The molecule has 0 saturated carbocycles. The molecule has 1 atom stereocenters. The van der Waals surface area contributed by atoms with E-state index in [4.69, 9.17) is 16.7 Å². The first-order valence-electron chi connectivity index (χ1n) is 3.85. The summed E-state index contributed by atoms with van der Waals surface area (Å²) >= 11 is 8.87. The number of benzene rings is 1. The van der Waals surface area contributed by atoms with Gasteiger partial charge in [-0.1, -0.05) is 33.6 Å². The fourth-order valence-electron chi connectivity index (χ4n) is 1.00. The molecular weight excluding hydrogens is 255 g/mol. The number of aliphatic hydroxyl groups is 1. The summed E-state index contributed by atoms with van der Waals surface area (Å²) in [7, 11) is 0. The molecule has 2 N–H and O–H groups in total. The van der Waals surface area contributed by atoms with Crippen molar-refractivity contribution in [3.63, 3.8) is 0 Å². The number of rotatable bonds is 3. The zero-order valence-corrected chi connectivity index (χ0v) is 9.22. The second-order valence-corrected chi connectivity index (χ2v) is 3.85. The summed E-state index contributed by atoms with van der Waals surface area (Å²) < 4.78 is 0. The molecule has 4 heteroatoms. The van der Waals surface area contributed by atoms with Crippen molar-refractivity contribution in [2.75, 3.05) is 5.33 Å². The highest BCUT2D eigenvalue weighted by Crippen LogP contribution is 2.24. The number of phenols is 1.